The van der Waals surface area contributed by atoms with E-state index in [1.165, 1.54) is 0 Å². The summed E-state index contributed by atoms with van der Waals surface area (Å²) in [5.74, 6) is 1.61. The van der Waals surface area contributed by atoms with Gasteiger partial charge in [0.15, 0.2) is 0 Å². The van der Waals surface area contributed by atoms with Crippen LogP contribution in [0.25, 0.3) is 0 Å². The predicted molar refractivity (Wildman–Crippen MR) is 138 cm³/mol. The average Bonchev–Trinajstić information content (AvgIpc) is 2.79. The van der Waals surface area contributed by atoms with Crippen molar-refractivity contribution in [3.63, 3.8) is 0 Å². The molecule has 2 rings (SSSR count). The highest BCUT2D eigenvalue weighted by Gasteiger charge is 2.24. The number of hydrogen-bond acceptors (Lipinski definition) is 5. The molecule has 0 spiro atoms. The molecular weight excluding hydrogens is 543 g/mol. The molecule has 0 heterocycles. The van der Waals surface area contributed by atoms with E-state index in [1.54, 1.807) is 0 Å². The second-order valence-electron chi connectivity index (χ2n) is 8.33. The highest BCUT2D eigenvalue weighted by Crippen LogP contribution is 2.34. The predicted octanol–water partition coefficient (Wildman–Crippen LogP) is 4.88. The first-order chi connectivity index (χ1) is 15.3. The van der Waals surface area contributed by atoms with E-state index in [0.717, 1.165) is 33.3 Å². The summed E-state index contributed by atoms with van der Waals surface area (Å²) in [7, 11) is 0. The molecule has 0 bridgehead atoms. The molecule has 0 amide bonds. The Labute approximate surface area is 210 Å². The molecule has 0 saturated heterocycles. The number of hydrogen-bond donors (Lipinski definition) is 2. The first-order valence-corrected chi connectivity index (χ1v) is 12.9. The van der Waals surface area contributed by atoms with Crippen LogP contribution < -0.4 is 9.47 Å². The van der Waals surface area contributed by atoms with Crippen molar-refractivity contribution in [1.29, 1.82) is 0 Å². The molecule has 0 aromatic heterocycles. The molecule has 32 heavy (non-hydrogen) atoms. The summed E-state index contributed by atoms with van der Waals surface area (Å²) in [4.78, 5) is 0. The maximum atomic E-state index is 9.99. The molecule has 0 aliphatic rings. The number of alkyl halides is 2. The molecule has 2 aromatic carbocycles. The van der Waals surface area contributed by atoms with Crippen LogP contribution in [-0.2, 0) is 10.2 Å². The van der Waals surface area contributed by atoms with Crippen molar-refractivity contribution in [2.24, 2.45) is 0 Å². The fourth-order valence-electron chi connectivity index (χ4n) is 3.18. The van der Waals surface area contributed by atoms with E-state index in [2.05, 4.69) is 54.6 Å². The number of aryl methyl sites for hydroxylation is 1. The maximum Gasteiger partial charge on any atom is 0.122 e. The highest BCUT2D eigenvalue weighted by atomic mass is 127. The SMILES string of the molecule is Cc1cc(C(C)(C)c2ccc(OC[C@@H](O)COCCCI)cc2)ccc1OC[C@H](O)CCl. The Morgan fingerprint density at radius 3 is 2.22 bits per heavy atom. The number of halogens is 2. The molecule has 5 nitrogen and oxygen atoms in total. The van der Waals surface area contributed by atoms with Gasteiger partial charge in [-0.25, -0.2) is 0 Å². The standard InChI is InChI=1S/C25H34ClIO5/c1-18-13-20(7-10-24(18)32-16-21(28)14-26)25(2,3)19-5-8-23(9-6-19)31-17-22(29)15-30-12-4-11-27/h5-10,13,21-22,28-29H,4,11-12,14-17H2,1-3H3/t21-,22+/m1/s1. The Balaban J connectivity index is 1.96. The Hall–Kier alpha value is -1.06. The van der Waals surface area contributed by atoms with Crippen molar-refractivity contribution in [2.75, 3.05) is 36.7 Å². The smallest absolute Gasteiger partial charge is 0.122 e. The fourth-order valence-corrected chi connectivity index (χ4v) is 3.58. The first-order valence-electron chi connectivity index (χ1n) is 10.8. The van der Waals surface area contributed by atoms with Gasteiger partial charge in [0, 0.05) is 16.4 Å². The topological polar surface area (TPSA) is 68.2 Å². The first kappa shape index (κ1) is 27.2. The van der Waals surface area contributed by atoms with E-state index in [1.807, 2.05) is 31.2 Å². The summed E-state index contributed by atoms with van der Waals surface area (Å²) in [6.07, 6.45) is -0.338. The normalized spacial score (nSPS) is 13.6. The van der Waals surface area contributed by atoms with E-state index < -0.39 is 12.2 Å². The quantitative estimate of drug-likeness (QED) is 0.191. The lowest BCUT2D eigenvalue weighted by atomic mass is 9.77. The highest BCUT2D eigenvalue weighted by molar-refractivity contribution is 14.1. The van der Waals surface area contributed by atoms with Crippen LogP contribution in [-0.4, -0.2) is 59.2 Å². The Bertz CT molecular complexity index is 812. The van der Waals surface area contributed by atoms with Gasteiger partial charge in [0.05, 0.1) is 12.5 Å². The lowest BCUT2D eigenvalue weighted by molar-refractivity contribution is 0.0127. The van der Waals surface area contributed by atoms with Gasteiger partial charge in [0.1, 0.15) is 36.9 Å². The van der Waals surface area contributed by atoms with Gasteiger partial charge in [-0.2, -0.15) is 0 Å². The zero-order chi connectivity index (χ0) is 23.6. The van der Waals surface area contributed by atoms with Crippen LogP contribution in [0.15, 0.2) is 42.5 Å². The van der Waals surface area contributed by atoms with Crippen LogP contribution >= 0.6 is 34.2 Å². The van der Waals surface area contributed by atoms with Crippen molar-refractivity contribution in [3.8, 4) is 11.5 Å². The molecule has 2 atom stereocenters. The minimum Gasteiger partial charge on any atom is -0.491 e. The van der Waals surface area contributed by atoms with Gasteiger partial charge in [-0.3, -0.25) is 0 Å². The van der Waals surface area contributed by atoms with Crippen LogP contribution in [0.4, 0.5) is 0 Å². The molecule has 0 fully saturated rings. The van der Waals surface area contributed by atoms with E-state index in [4.69, 9.17) is 25.8 Å². The second kappa shape index (κ2) is 13.6. The van der Waals surface area contributed by atoms with E-state index >= 15 is 0 Å². The zero-order valence-corrected chi connectivity index (χ0v) is 21.9. The summed E-state index contributed by atoms with van der Waals surface area (Å²) in [6, 6.07) is 14.1. The number of ether oxygens (including phenoxy) is 3. The average molecular weight is 577 g/mol. The molecular formula is C25H34ClIO5. The lowest BCUT2D eigenvalue weighted by Gasteiger charge is -2.27. The van der Waals surface area contributed by atoms with E-state index in [0.29, 0.717) is 12.4 Å². The third-order valence-corrected chi connectivity index (χ3v) is 6.38. The lowest BCUT2D eigenvalue weighted by Crippen LogP contribution is -2.24. The third-order valence-electron chi connectivity index (χ3n) is 5.26. The molecule has 0 unspecified atom stereocenters. The van der Waals surface area contributed by atoms with Crippen LogP contribution in [0, 0.1) is 6.92 Å². The van der Waals surface area contributed by atoms with Crippen LogP contribution in [0.3, 0.4) is 0 Å². The number of aliphatic hydroxyl groups excluding tert-OH is 2. The number of rotatable bonds is 14. The fraction of sp³-hybridized carbons (Fsp3) is 0.520. The largest absolute Gasteiger partial charge is 0.491 e. The molecule has 0 aliphatic carbocycles. The molecule has 0 radical (unpaired) electrons. The third kappa shape index (κ3) is 8.37. The van der Waals surface area contributed by atoms with Gasteiger partial charge in [0.2, 0.25) is 0 Å². The monoisotopic (exact) mass is 576 g/mol. The van der Waals surface area contributed by atoms with Crippen LogP contribution in [0.5, 0.6) is 11.5 Å². The molecule has 2 N–H and O–H groups in total. The van der Waals surface area contributed by atoms with Crippen molar-refractivity contribution < 1.29 is 24.4 Å². The van der Waals surface area contributed by atoms with Crippen LogP contribution in [0.2, 0.25) is 0 Å². The summed E-state index contributed by atoms with van der Waals surface area (Å²) >= 11 is 7.94. The van der Waals surface area contributed by atoms with Crippen molar-refractivity contribution in [2.45, 2.75) is 44.8 Å². The van der Waals surface area contributed by atoms with Gasteiger partial charge >= 0.3 is 0 Å². The molecule has 2 aromatic rings. The van der Waals surface area contributed by atoms with E-state index in [-0.39, 0.29) is 31.1 Å². The summed E-state index contributed by atoms with van der Waals surface area (Å²) < 4.78 is 17.9. The van der Waals surface area contributed by atoms with Crippen LogP contribution in [0.1, 0.15) is 37.0 Å². The maximum absolute atomic E-state index is 9.99. The van der Waals surface area contributed by atoms with Gasteiger partial charge < -0.3 is 24.4 Å². The molecule has 7 heteroatoms. The van der Waals surface area contributed by atoms with Gasteiger partial charge in [0.25, 0.3) is 0 Å². The summed E-state index contributed by atoms with van der Waals surface area (Å²) in [5, 5.41) is 19.6. The van der Waals surface area contributed by atoms with Gasteiger partial charge in [-0.1, -0.05) is 60.7 Å². The number of aliphatic hydroxyl groups is 2. The summed E-state index contributed by atoms with van der Waals surface area (Å²) in [5.41, 5.74) is 3.10. The Morgan fingerprint density at radius 2 is 1.59 bits per heavy atom. The minimum atomic E-state index is -0.678. The zero-order valence-electron chi connectivity index (χ0n) is 19.0. The Morgan fingerprint density at radius 1 is 0.938 bits per heavy atom. The minimum absolute atomic E-state index is 0.148. The van der Waals surface area contributed by atoms with Gasteiger partial charge in [-0.05, 0) is 48.2 Å². The van der Waals surface area contributed by atoms with E-state index in [9.17, 15) is 10.2 Å². The molecule has 178 valence electrons. The Kier molecular flexibility index (Phi) is 11.6. The number of benzene rings is 2. The van der Waals surface area contributed by atoms with Crippen molar-refractivity contribution in [3.05, 3.63) is 59.2 Å². The van der Waals surface area contributed by atoms with Crippen molar-refractivity contribution in [1.82, 2.24) is 0 Å². The van der Waals surface area contributed by atoms with Gasteiger partial charge in [-0.15, -0.1) is 11.6 Å². The summed E-state index contributed by atoms with van der Waals surface area (Å²) in [6.45, 7) is 7.66. The molecule has 0 saturated carbocycles. The van der Waals surface area contributed by atoms with Crippen molar-refractivity contribution >= 4 is 34.2 Å². The molecule has 0 aliphatic heterocycles. The second-order valence-corrected chi connectivity index (χ2v) is 9.72.